The smallest absolute Gasteiger partial charge is 0.305 e. The zero-order valence-electron chi connectivity index (χ0n) is 16.2. The lowest BCUT2D eigenvalue weighted by Crippen LogP contribution is -2.52. The molecule has 3 fully saturated rings. The molecule has 0 bridgehead atoms. The molecule has 0 radical (unpaired) electrons. The van der Waals surface area contributed by atoms with E-state index in [0.717, 1.165) is 38.5 Å². The third kappa shape index (κ3) is 2.51. The van der Waals surface area contributed by atoms with E-state index in [-0.39, 0.29) is 28.7 Å². The molecule has 0 amide bonds. The summed E-state index contributed by atoms with van der Waals surface area (Å²) in [4.78, 5) is 23.7. The number of fused-ring (bicyclic) bond motifs is 5. The minimum Gasteiger partial charge on any atom is -0.462 e. The van der Waals surface area contributed by atoms with Gasteiger partial charge in [-0.25, -0.2) is 4.39 Å². The summed E-state index contributed by atoms with van der Waals surface area (Å²) in [5, 5.41) is 0. The van der Waals surface area contributed by atoms with Crippen LogP contribution in [0.15, 0.2) is 11.6 Å². The number of esters is 1. The summed E-state index contributed by atoms with van der Waals surface area (Å²) in [5.74, 6) is 1.13. The Morgan fingerprint density at radius 3 is 2.73 bits per heavy atom. The Balaban J connectivity index is 1.60. The van der Waals surface area contributed by atoms with Crippen LogP contribution in [0, 0.1) is 28.6 Å². The predicted octanol–water partition coefficient (Wildman–Crippen LogP) is 4.79. The molecule has 4 aliphatic rings. The van der Waals surface area contributed by atoms with Crippen molar-refractivity contribution in [1.29, 1.82) is 0 Å². The summed E-state index contributed by atoms with van der Waals surface area (Å²) < 4.78 is 20.1. The fourth-order valence-electron chi connectivity index (χ4n) is 6.97. The average Bonchev–Trinajstić information content (AvgIpc) is 2.93. The highest BCUT2D eigenvalue weighted by atomic mass is 19.1. The molecule has 0 N–H and O–H groups in total. The molecule has 0 aromatic heterocycles. The van der Waals surface area contributed by atoms with E-state index in [1.165, 1.54) is 5.57 Å². The first kappa shape index (κ1) is 18.2. The molecule has 4 heteroatoms. The lowest BCUT2D eigenvalue weighted by molar-refractivity contribution is -0.159. The summed E-state index contributed by atoms with van der Waals surface area (Å²) in [6.45, 7) is 6.35. The van der Waals surface area contributed by atoms with Gasteiger partial charge in [0.15, 0.2) is 12.0 Å². The number of allylic oxidation sites excluding steroid dienone is 1. The summed E-state index contributed by atoms with van der Waals surface area (Å²) in [6, 6.07) is 0. The van der Waals surface area contributed by atoms with E-state index in [1.54, 1.807) is 6.08 Å². The number of carbonyl (C=O) groups excluding carboxylic acids is 2. The number of hydrogen-bond donors (Lipinski definition) is 0. The van der Waals surface area contributed by atoms with Gasteiger partial charge >= 0.3 is 5.97 Å². The second kappa shape index (κ2) is 6.17. The molecule has 4 rings (SSSR count). The zero-order chi connectivity index (χ0) is 18.7. The van der Waals surface area contributed by atoms with Gasteiger partial charge in [0, 0.05) is 11.8 Å². The molecule has 6 unspecified atom stereocenters. The van der Waals surface area contributed by atoms with Crippen molar-refractivity contribution in [2.24, 2.45) is 28.6 Å². The van der Waals surface area contributed by atoms with Gasteiger partial charge in [-0.2, -0.15) is 0 Å². The third-order valence-corrected chi connectivity index (χ3v) is 8.44. The summed E-state index contributed by atoms with van der Waals surface area (Å²) in [6.07, 6.45) is 7.27. The Bertz CT molecular complexity index is 656. The molecule has 3 nitrogen and oxygen atoms in total. The Kier molecular flexibility index (Phi) is 4.32. The number of halogens is 1. The van der Waals surface area contributed by atoms with Crippen molar-refractivity contribution in [2.75, 3.05) is 0 Å². The maximum atomic E-state index is 14.3. The molecule has 0 saturated heterocycles. The topological polar surface area (TPSA) is 43.4 Å². The quantitative estimate of drug-likeness (QED) is 0.664. The summed E-state index contributed by atoms with van der Waals surface area (Å²) in [7, 11) is 0. The number of hydrogen-bond acceptors (Lipinski definition) is 3. The van der Waals surface area contributed by atoms with Crippen LogP contribution in [0.3, 0.4) is 0 Å². The first-order chi connectivity index (χ1) is 12.3. The van der Waals surface area contributed by atoms with Gasteiger partial charge in [0.05, 0.1) is 0 Å². The van der Waals surface area contributed by atoms with Crippen LogP contribution in [0.1, 0.15) is 72.1 Å². The van der Waals surface area contributed by atoms with Crippen molar-refractivity contribution in [3.63, 3.8) is 0 Å². The monoisotopic (exact) mass is 362 g/mol. The Morgan fingerprint density at radius 1 is 1.23 bits per heavy atom. The van der Waals surface area contributed by atoms with E-state index in [9.17, 15) is 14.0 Å². The summed E-state index contributed by atoms with van der Waals surface area (Å²) >= 11 is 0. The van der Waals surface area contributed by atoms with Gasteiger partial charge in [-0.15, -0.1) is 0 Å². The molecule has 0 aromatic rings. The second-order valence-electron chi connectivity index (χ2n) is 9.53. The minimum absolute atomic E-state index is 0.0347. The molecule has 4 aliphatic carbocycles. The zero-order valence-corrected chi connectivity index (χ0v) is 16.2. The molecule has 0 heterocycles. The lowest BCUT2D eigenvalue weighted by atomic mass is 9.47. The fourth-order valence-corrected chi connectivity index (χ4v) is 6.97. The largest absolute Gasteiger partial charge is 0.462 e. The van der Waals surface area contributed by atoms with Crippen LogP contribution in [-0.4, -0.2) is 24.0 Å². The number of alkyl halides is 1. The van der Waals surface area contributed by atoms with Crippen LogP contribution in [0.4, 0.5) is 4.39 Å². The van der Waals surface area contributed by atoms with E-state index < -0.39 is 6.17 Å². The molecule has 0 spiro atoms. The van der Waals surface area contributed by atoms with Crippen LogP contribution in [0.5, 0.6) is 0 Å². The van der Waals surface area contributed by atoms with E-state index >= 15 is 0 Å². The Morgan fingerprint density at radius 2 is 2.00 bits per heavy atom. The van der Waals surface area contributed by atoms with Gasteiger partial charge in [0.2, 0.25) is 0 Å². The van der Waals surface area contributed by atoms with Gasteiger partial charge in [-0.3, -0.25) is 9.59 Å². The van der Waals surface area contributed by atoms with E-state index in [4.69, 9.17) is 4.74 Å². The van der Waals surface area contributed by atoms with E-state index in [1.807, 2.05) is 6.92 Å². The second-order valence-corrected chi connectivity index (χ2v) is 9.53. The Hall–Kier alpha value is -1.19. The molecular weight excluding hydrogens is 331 g/mol. The fraction of sp³-hybridized carbons (Fsp3) is 0.818. The summed E-state index contributed by atoms with van der Waals surface area (Å²) in [5.41, 5.74) is 1.08. The number of rotatable bonds is 2. The molecule has 26 heavy (non-hydrogen) atoms. The highest BCUT2D eigenvalue weighted by Gasteiger charge is 2.60. The van der Waals surface area contributed by atoms with E-state index in [0.29, 0.717) is 30.6 Å². The van der Waals surface area contributed by atoms with Crippen LogP contribution in [0.25, 0.3) is 0 Å². The first-order valence-electron chi connectivity index (χ1n) is 10.4. The van der Waals surface area contributed by atoms with Gasteiger partial charge in [-0.1, -0.05) is 26.3 Å². The first-order valence-corrected chi connectivity index (χ1v) is 10.4. The van der Waals surface area contributed by atoms with Crippen molar-refractivity contribution in [2.45, 2.75) is 84.4 Å². The third-order valence-electron chi connectivity index (χ3n) is 8.44. The van der Waals surface area contributed by atoms with E-state index in [2.05, 4.69) is 13.8 Å². The van der Waals surface area contributed by atoms with Crippen LogP contribution in [0.2, 0.25) is 0 Å². The maximum absolute atomic E-state index is 14.3. The van der Waals surface area contributed by atoms with Crippen molar-refractivity contribution < 1.29 is 18.7 Å². The normalized spacial score (nSPS) is 47.5. The molecule has 0 aliphatic heterocycles. The highest BCUT2D eigenvalue weighted by Crippen LogP contribution is 2.65. The average molecular weight is 362 g/mol. The maximum Gasteiger partial charge on any atom is 0.305 e. The Labute approximate surface area is 155 Å². The van der Waals surface area contributed by atoms with Crippen molar-refractivity contribution in [1.82, 2.24) is 0 Å². The van der Waals surface area contributed by atoms with Gasteiger partial charge in [0.25, 0.3) is 0 Å². The van der Waals surface area contributed by atoms with Crippen molar-refractivity contribution in [3.8, 4) is 0 Å². The van der Waals surface area contributed by atoms with Crippen molar-refractivity contribution >= 4 is 11.8 Å². The molecule has 144 valence electrons. The van der Waals surface area contributed by atoms with Gasteiger partial charge < -0.3 is 4.74 Å². The van der Waals surface area contributed by atoms with Crippen LogP contribution >= 0.6 is 0 Å². The number of ether oxygens (including phenoxy) is 1. The molecule has 7 atom stereocenters. The number of ketones is 1. The van der Waals surface area contributed by atoms with Crippen molar-refractivity contribution in [3.05, 3.63) is 11.6 Å². The minimum atomic E-state index is -1.34. The SMILES string of the molecule is CCC(=O)OC1CCC2C3CCC4=CC(=O)[C@H](F)CC4(C)C3CCC12C. The molecule has 0 aromatic carbocycles. The molecule has 3 saturated carbocycles. The standard InChI is InChI=1S/C22H31FO3/c1-4-20(25)26-19-8-7-15-14-6-5-13-11-18(24)17(23)12-22(13,3)16(14)9-10-21(15,19)2/h11,14-17,19H,4-10,12H2,1-3H3/t14?,15?,16?,17-,19?,21?,22?/m1/s1. The van der Waals surface area contributed by atoms with Crippen LogP contribution in [-0.2, 0) is 14.3 Å². The highest BCUT2D eigenvalue weighted by molar-refractivity contribution is 5.95. The van der Waals surface area contributed by atoms with Gasteiger partial charge in [0.1, 0.15) is 6.10 Å². The number of carbonyl (C=O) groups is 2. The molecular formula is C22H31FO3. The predicted molar refractivity (Wildman–Crippen MR) is 97.2 cm³/mol. The lowest BCUT2D eigenvalue weighted by Gasteiger charge is -2.58. The van der Waals surface area contributed by atoms with Crippen LogP contribution < -0.4 is 0 Å². The van der Waals surface area contributed by atoms with Gasteiger partial charge in [-0.05, 0) is 74.2 Å².